The molecule has 1 saturated heterocycles. The minimum absolute atomic E-state index is 0.118. The smallest absolute Gasteiger partial charge is 0.159 e. The van der Waals surface area contributed by atoms with Crippen LogP contribution < -0.4 is 4.90 Å². The summed E-state index contributed by atoms with van der Waals surface area (Å²) in [7, 11) is 0. The zero-order valence-electron chi connectivity index (χ0n) is 9.40. The number of rotatable bonds is 0. The highest BCUT2D eigenvalue weighted by molar-refractivity contribution is 9.10. The molecule has 1 N–H and O–H groups in total. The van der Waals surface area contributed by atoms with Crippen molar-refractivity contribution in [2.75, 3.05) is 11.4 Å². The average Bonchev–Trinajstić information content (AvgIpc) is 2.29. The zero-order valence-corrected chi connectivity index (χ0v) is 11.0. The van der Waals surface area contributed by atoms with Crippen LogP contribution >= 0.6 is 15.9 Å². The van der Waals surface area contributed by atoms with Gasteiger partial charge in [0.25, 0.3) is 0 Å². The SMILES string of the molecule is O=C1Cc2cc(Br)ccc2N2CCC(O)C[C@@H]12. The molecule has 2 heterocycles. The number of carbonyl (C=O) groups is 1. The fourth-order valence-electron chi connectivity index (χ4n) is 2.82. The van der Waals surface area contributed by atoms with Gasteiger partial charge < -0.3 is 10.0 Å². The molecule has 3 nitrogen and oxygen atoms in total. The van der Waals surface area contributed by atoms with E-state index in [0.717, 1.165) is 28.7 Å². The summed E-state index contributed by atoms with van der Waals surface area (Å²) in [4.78, 5) is 14.2. The standard InChI is InChI=1S/C13H14BrNO2/c14-9-1-2-11-8(5-9)6-13(17)12-7-10(16)3-4-15(11)12/h1-2,5,10,12,16H,3-4,6-7H2/t10?,12-/m0/s1. The Morgan fingerprint density at radius 2 is 2.24 bits per heavy atom. The number of Topliss-reactive ketones (excluding diaryl/α,β-unsaturated/α-hetero) is 1. The van der Waals surface area contributed by atoms with Crippen molar-refractivity contribution >= 4 is 27.4 Å². The molecule has 4 heteroatoms. The summed E-state index contributed by atoms with van der Waals surface area (Å²) < 4.78 is 1.01. The summed E-state index contributed by atoms with van der Waals surface area (Å²) in [5, 5.41) is 9.67. The van der Waals surface area contributed by atoms with Crippen LogP contribution in [0.2, 0.25) is 0 Å². The number of benzene rings is 1. The van der Waals surface area contributed by atoms with E-state index in [1.54, 1.807) is 0 Å². The lowest BCUT2D eigenvalue weighted by Gasteiger charge is -2.42. The van der Waals surface area contributed by atoms with E-state index in [2.05, 4.69) is 26.9 Å². The van der Waals surface area contributed by atoms with Crippen LogP contribution in [0.25, 0.3) is 0 Å². The third-order valence-corrected chi connectivity index (χ3v) is 4.16. The number of nitrogens with zero attached hydrogens (tertiary/aromatic N) is 1. The van der Waals surface area contributed by atoms with E-state index >= 15 is 0 Å². The first-order chi connectivity index (χ1) is 8.15. The molecule has 0 aromatic heterocycles. The monoisotopic (exact) mass is 295 g/mol. The number of halogens is 1. The summed E-state index contributed by atoms with van der Waals surface area (Å²) >= 11 is 3.44. The van der Waals surface area contributed by atoms with Crippen LogP contribution in [-0.4, -0.2) is 29.6 Å². The van der Waals surface area contributed by atoms with Crippen molar-refractivity contribution in [2.24, 2.45) is 0 Å². The molecule has 0 radical (unpaired) electrons. The van der Waals surface area contributed by atoms with Crippen molar-refractivity contribution in [3.63, 3.8) is 0 Å². The van der Waals surface area contributed by atoms with E-state index in [4.69, 9.17) is 0 Å². The van der Waals surface area contributed by atoms with Crippen LogP contribution in [0.3, 0.4) is 0 Å². The van der Waals surface area contributed by atoms with E-state index in [-0.39, 0.29) is 17.9 Å². The van der Waals surface area contributed by atoms with E-state index < -0.39 is 0 Å². The number of piperidine rings is 1. The number of aliphatic hydroxyl groups is 1. The normalized spacial score (nSPS) is 27.6. The van der Waals surface area contributed by atoms with Gasteiger partial charge in [-0.15, -0.1) is 0 Å². The van der Waals surface area contributed by atoms with Gasteiger partial charge in [-0.25, -0.2) is 0 Å². The molecule has 0 spiro atoms. The van der Waals surface area contributed by atoms with Crippen molar-refractivity contribution < 1.29 is 9.90 Å². The Morgan fingerprint density at radius 1 is 1.41 bits per heavy atom. The molecule has 1 unspecified atom stereocenters. The van der Waals surface area contributed by atoms with Crippen LogP contribution in [-0.2, 0) is 11.2 Å². The van der Waals surface area contributed by atoms with Crippen molar-refractivity contribution in [2.45, 2.75) is 31.4 Å². The first-order valence-electron chi connectivity index (χ1n) is 5.91. The van der Waals surface area contributed by atoms with Gasteiger partial charge in [0.15, 0.2) is 5.78 Å². The Kier molecular flexibility index (Phi) is 2.71. The minimum atomic E-state index is -0.322. The van der Waals surface area contributed by atoms with Crippen LogP contribution in [0, 0.1) is 0 Å². The zero-order chi connectivity index (χ0) is 12.0. The molecule has 2 atom stereocenters. The van der Waals surface area contributed by atoms with Crippen molar-refractivity contribution in [1.29, 1.82) is 0 Å². The van der Waals surface area contributed by atoms with Crippen molar-refractivity contribution in [3.05, 3.63) is 28.2 Å². The lowest BCUT2D eigenvalue weighted by atomic mass is 9.87. The highest BCUT2D eigenvalue weighted by atomic mass is 79.9. The molecule has 0 amide bonds. The molecule has 90 valence electrons. The number of aliphatic hydroxyl groups excluding tert-OH is 1. The molecule has 3 rings (SSSR count). The first-order valence-corrected chi connectivity index (χ1v) is 6.70. The Hall–Kier alpha value is -0.870. The second kappa shape index (κ2) is 4.10. The predicted octanol–water partition coefficient (Wildman–Crippen LogP) is 1.90. The molecular weight excluding hydrogens is 282 g/mol. The summed E-state index contributed by atoms with van der Waals surface area (Å²) in [5.41, 5.74) is 2.25. The molecule has 2 aliphatic rings. The Morgan fingerprint density at radius 3 is 3.06 bits per heavy atom. The third kappa shape index (κ3) is 1.89. The number of carbonyl (C=O) groups excluding carboxylic acids is 1. The lowest BCUT2D eigenvalue weighted by molar-refractivity contribution is -0.121. The largest absolute Gasteiger partial charge is 0.393 e. The molecule has 0 aliphatic carbocycles. The van der Waals surface area contributed by atoms with Crippen LogP contribution in [0.5, 0.6) is 0 Å². The fourth-order valence-corrected chi connectivity index (χ4v) is 3.23. The minimum Gasteiger partial charge on any atom is -0.393 e. The maximum absolute atomic E-state index is 12.1. The van der Waals surface area contributed by atoms with Gasteiger partial charge >= 0.3 is 0 Å². The second-order valence-corrected chi connectivity index (χ2v) is 5.72. The van der Waals surface area contributed by atoms with Gasteiger partial charge in [0.05, 0.1) is 12.1 Å². The molecule has 0 bridgehead atoms. The predicted molar refractivity (Wildman–Crippen MR) is 69.2 cm³/mol. The Balaban J connectivity index is 2.02. The molecule has 1 fully saturated rings. The van der Waals surface area contributed by atoms with Gasteiger partial charge in [0, 0.05) is 29.5 Å². The van der Waals surface area contributed by atoms with E-state index in [0.29, 0.717) is 12.8 Å². The van der Waals surface area contributed by atoms with E-state index in [1.165, 1.54) is 0 Å². The maximum Gasteiger partial charge on any atom is 0.159 e. The summed E-state index contributed by atoms with van der Waals surface area (Å²) in [6.07, 6.45) is 1.49. The van der Waals surface area contributed by atoms with Crippen LogP contribution in [0.4, 0.5) is 5.69 Å². The molecule has 1 aromatic rings. The lowest BCUT2D eigenvalue weighted by Crippen LogP contribution is -2.52. The fraction of sp³-hybridized carbons (Fsp3) is 0.462. The number of ketones is 1. The van der Waals surface area contributed by atoms with E-state index in [1.807, 2.05) is 12.1 Å². The van der Waals surface area contributed by atoms with Crippen molar-refractivity contribution in [3.8, 4) is 0 Å². The molecular formula is C13H14BrNO2. The van der Waals surface area contributed by atoms with Gasteiger partial charge in [-0.05, 0) is 30.2 Å². The average molecular weight is 296 g/mol. The third-order valence-electron chi connectivity index (χ3n) is 3.66. The van der Waals surface area contributed by atoms with Gasteiger partial charge in [-0.3, -0.25) is 4.79 Å². The van der Waals surface area contributed by atoms with Gasteiger partial charge in [0.2, 0.25) is 0 Å². The number of hydrogen-bond acceptors (Lipinski definition) is 3. The van der Waals surface area contributed by atoms with Gasteiger partial charge in [-0.1, -0.05) is 15.9 Å². The van der Waals surface area contributed by atoms with Crippen LogP contribution in [0.15, 0.2) is 22.7 Å². The van der Waals surface area contributed by atoms with Gasteiger partial charge in [0.1, 0.15) is 0 Å². The van der Waals surface area contributed by atoms with Crippen LogP contribution in [0.1, 0.15) is 18.4 Å². The summed E-state index contributed by atoms with van der Waals surface area (Å²) in [6.45, 7) is 0.770. The molecule has 1 aromatic carbocycles. The summed E-state index contributed by atoms with van der Waals surface area (Å²) in [6, 6.07) is 5.98. The number of anilines is 1. The highest BCUT2D eigenvalue weighted by Crippen LogP contribution is 2.35. The van der Waals surface area contributed by atoms with E-state index in [9.17, 15) is 9.90 Å². The molecule has 17 heavy (non-hydrogen) atoms. The number of fused-ring (bicyclic) bond motifs is 3. The number of hydrogen-bond donors (Lipinski definition) is 1. The Bertz CT molecular complexity index is 474. The second-order valence-electron chi connectivity index (χ2n) is 4.80. The molecule has 0 saturated carbocycles. The van der Waals surface area contributed by atoms with Crippen molar-refractivity contribution in [1.82, 2.24) is 0 Å². The van der Waals surface area contributed by atoms with Gasteiger partial charge in [-0.2, -0.15) is 0 Å². The maximum atomic E-state index is 12.1. The quantitative estimate of drug-likeness (QED) is 0.795. The summed E-state index contributed by atoms with van der Waals surface area (Å²) in [5.74, 6) is 0.231. The molecule has 2 aliphatic heterocycles. The topological polar surface area (TPSA) is 40.5 Å². The Labute approximate surface area is 109 Å². The highest BCUT2D eigenvalue weighted by Gasteiger charge is 2.37. The first kappa shape index (κ1) is 11.2.